The molecule has 0 aromatic carbocycles. The molecule has 2 heteroatoms. The van der Waals surface area contributed by atoms with Crippen molar-refractivity contribution in [3.8, 4) is 0 Å². The molecule has 2 nitrogen and oxygen atoms in total. The van der Waals surface area contributed by atoms with Crippen molar-refractivity contribution in [1.82, 2.24) is 10.2 Å². The molecule has 1 fully saturated rings. The molecule has 0 aromatic heterocycles. The summed E-state index contributed by atoms with van der Waals surface area (Å²) in [5.41, 5.74) is 0. The van der Waals surface area contributed by atoms with E-state index in [0.29, 0.717) is 0 Å². The van der Waals surface area contributed by atoms with Crippen LogP contribution in [-0.2, 0) is 0 Å². The van der Waals surface area contributed by atoms with Crippen molar-refractivity contribution in [1.29, 1.82) is 0 Å². The summed E-state index contributed by atoms with van der Waals surface area (Å²) in [4.78, 5) is 2.69. The zero-order chi connectivity index (χ0) is 10.4. The summed E-state index contributed by atoms with van der Waals surface area (Å²) in [5.74, 6) is 0.764. The molecule has 0 spiro atoms. The number of hydrogen-bond acceptors (Lipinski definition) is 2. The molecule has 1 rings (SSSR count). The lowest BCUT2D eigenvalue weighted by molar-refractivity contribution is 0.159. The minimum atomic E-state index is 0.734. The highest BCUT2D eigenvalue weighted by atomic mass is 15.2. The van der Waals surface area contributed by atoms with Gasteiger partial charge >= 0.3 is 0 Å². The summed E-state index contributed by atoms with van der Waals surface area (Å²) in [5, 5.41) is 3.33. The van der Waals surface area contributed by atoms with Crippen molar-refractivity contribution >= 4 is 0 Å². The molecule has 1 unspecified atom stereocenters. The van der Waals surface area contributed by atoms with E-state index < -0.39 is 0 Å². The van der Waals surface area contributed by atoms with Gasteiger partial charge < -0.3 is 5.32 Å². The molecule has 1 N–H and O–H groups in total. The van der Waals surface area contributed by atoms with E-state index in [2.05, 4.69) is 31.1 Å². The number of hydrogen-bond donors (Lipinski definition) is 1. The Kier molecular flexibility index (Phi) is 5.49. The summed E-state index contributed by atoms with van der Waals surface area (Å²) in [6.45, 7) is 8.44. The van der Waals surface area contributed by atoms with Gasteiger partial charge in [0.05, 0.1) is 0 Å². The van der Waals surface area contributed by atoms with Crippen molar-refractivity contribution in [3.63, 3.8) is 0 Å². The lowest BCUT2D eigenvalue weighted by Crippen LogP contribution is -2.45. The number of nitrogens with zero attached hydrogens (tertiary/aromatic N) is 1. The van der Waals surface area contributed by atoms with Gasteiger partial charge in [-0.1, -0.05) is 26.7 Å². The van der Waals surface area contributed by atoms with Crippen LogP contribution < -0.4 is 5.32 Å². The van der Waals surface area contributed by atoms with E-state index in [0.717, 1.165) is 18.5 Å². The molecule has 14 heavy (non-hydrogen) atoms. The normalized spacial score (nSPS) is 22.3. The first-order valence-corrected chi connectivity index (χ1v) is 6.14. The predicted octanol–water partition coefficient (Wildman–Crippen LogP) is 2.11. The molecule has 0 amide bonds. The Morgan fingerprint density at radius 2 is 1.64 bits per heavy atom. The fourth-order valence-electron chi connectivity index (χ4n) is 2.42. The second kappa shape index (κ2) is 6.41. The van der Waals surface area contributed by atoms with Crippen molar-refractivity contribution in [3.05, 3.63) is 0 Å². The first kappa shape index (κ1) is 12.0. The summed E-state index contributed by atoms with van der Waals surface area (Å²) >= 11 is 0. The van der Waals surface area contributed by atoms with Crippen LogP contribution in [0.15, 0.2) is 0 Å². The smallest absolute Gasteiger partial charge is 0.0243 e. The van der Waals surface area contributed by atoms with Gasteiger partial charge in [-0.15, -0.1) is 0 Å². The van der Waals surface area contributed by atoms with Crippen LogP contribution in [0.25, 0.3) is 0 Å². The Hall–Kier alpha value is -0.0800. The third kappa shape index (κ3) is 3.58. The number of likely N-dealkylation sites (tertiary alicyclic amines) is 1. The molecule has 1 aliphatic rings. The summed E-state index contributed by atoms with van der Waals surface area (Å²) in [7, 11) is 2.06. The molecule has 84 valence electrons. The molecule has 0 saturated carbocycles. The number of rotatable bonds is 4. The van der Waals surface area contributed by atoms with E-state index in [1.165, 1.54) is 38.8 Å². The van der Waals surface area contributed by atoms with Crippen LogP contribution in [0.1, 0.15) is 39.5 Å². The topological polar surface area (TPSA) is 15.3 Å². The Balaban J connectivity index is 2.46. The molecular formula is C12H26N2. The van der Waals surface area contributed by atoms with Gasteiger partial charge in [0.15, 0.2) is 0 Å². The van der Waals surface area contributed by atoms with E-state index in [-0.39, 0.29) is 0 Å². The van der Waals surface area contributed by atoms with Gasteiger partial charge in [0.1, 0.15) is 0 Å². The molecule has 0 bridgehead atoms. The SMILES string of the molecule is CNCC(C(C)C)N1CCCCCC1. The van der Waals surface area contributed by atoms with Crippen LogP contribution in [0, 0.1) is 5.92 Å². The average Bonchev–Trinajstić information content (AvgIpc) is 2.41. The van der Waals surface area contributed by atoms with E-state index in [1.54, 1.807) is 0 Å². The first-order chi connectivity index (χ1) is 6.75. The zero-order valence-electron chi connectivity index (χ0n) is 10.1. The van der Waals surface area contributed by atoms with Crippen LogP contribution in [0.4, 0.5) is 0 Å². The third-order valence-electron chi connectivity index (χ3n) is 3.29. The molecule has 0 radical (unpaired) electrons. The van der Waals surface area contributed by atoms with Gasteiger partial charge in [-0.25, -0.2) is 0 Å². The van der Waals surface area contributed by atoms with Gasteiger partial charge in [-0.2, -0.15) is 0 Å². The number of nitrogens with one attached hydrogen (secondary N) is 1. The van der Waals surface area contributed by atoms with Crippen molar-refractivity contribution in [2.45, 2.75) is 45.6 Å². The van der Waals surface area contributed by atoms with E-state index in [4.69, 9.17) is 0 Å². The fraction of sp³-hybridized carbons (Fsp3) is 1.00. The molecule has 1 aliphatic heterocycles. The highest BCUT2D eigenvalue weighted by Crippen LogP contribution is 2.16. The summed E-state index contributed by atoms with van der Waals surface area (Å²) in [6, 6.07) is 0.734. The van der Waals surface area contributed by atoms with E-state index >= 15 is 0 Å². The maximum Gasteiger partial charge on any atom is 0.0243 e. The summed E-state index contributed by atoms with van der Waals surface area (Å²) < 4.78 is 0. The van der Waals surface area contributed by atoms with E-state index in [1.807, 2.05) is 0 Å². The fourth-order valence-corrected chi connectivity index (χ4v) is 2.42. The van der Waals surface area contributed by atoms with Crippen LogP contribution in [-0.4, -0.2) is 37.6 Å². The molecule has 1 heterocycles. The van der Waals surface area contributed by atoms with Gasteiger partial charge in [0.25, 0.3) is 0 Å². The zero-order valence-corrected chi connectivity index (χ0v) is 10.1. The third-order valence-corrected chi connectivity index (χ3v) is 3.29. The standard InChI is InChI=1S/C12H26N2/c1-11(2)12(10-13-3)14-8-6-4-5-7-9-14/h11-13H,4-10H2,1-3H3. The second-order valence-electron chi connectivity index (χ2n) is 4.82. The monoisotopic (exact) mass is 198 g/mol. The van der Waals surface area contributed by atoms with Gasteiger partial charge in [0, 0.05) is 12.6 Å². The highest BCUT2D eigenvalue weighted by Gasteiger charge is 2.21. The highest BCUT2D eigenvalue weighted by molar-refractivity contribution is 4.78. The molecule has 1 saturated heterocycles. The minimum Gasteiger partial charge on any atom is -0.318 e. The van der Waals surface area contributed by atoms with Crippen LogP contribution in [0.2, 0.25) is 0 Å². The quantitative estimate of drug-likeness (QED) is 0.744. The van der Waals surface area contributed by atoms with Crippen molar-refractivity contribution in [2.24, 2.45) is 5.92 Å². The molecule has 1 atom stereocenters. The van der Waals surface area contributed by atoms with Crippen LogP contribution in [0.3, 0.4) is 0 Å². The Morgan fingerprint density at radius 3 is 2.07 bits per heavy atom. The first-order valence-electron chi connectivity index (χ1n) is 6.14. The average molecular weight is 198 g/mol. The Labute approximate surface area is 89.1 Å². The lowest BCUT2D eigenvalue weighted by Gasteiger charge is -2.33. The van der Waals surface area contributed by atoms with Crippen LogP contribution >= 0.6 is 0 Å². The van der Waals surface area contributed by atoms with Crippen molar-refractivity contribution < 1.29 is 0 Å². The molecule has 0 aliphatic carbocycles. The minimum absolute atomic E-state index is 0.734. The van der Waals surface area contributed by atoms with E-state index in [9.17, 15) is 0 Å². The maximum atomic E-state index is 3.33. The lowest BCUT2D eigenvalue weighted by atomic mass is 10.0. The van der Waals surface area contributed by atoms with Gasteiger partial charge in [0.2, 0.25) is 0 Å². The predicted molar refractivity (Wildman–Crippen MR) is 62.6 cm³/mol. The second-order valence-corrected chi connectivity index (χ2v) is 4.82. The molecule has 0 aromatic rings. The number of likely N-dealkylation sites (N-methyl/N-ethyl adjacent to an activating group) is 1. The summed E-state index contributed by atoms with van der Waals surface area (Å²) in [6.07, 6.45) is 5.65. The van der Waals surface area contributed by atoms with Crippen molar-refractivity contribution in [2.75, 3.05) is 26.7 Å². The Morgan fingerprint density at radius 1 is 1.07 bits per heavy atom. The van der Waals surface area contributed by atoms with Crippen LogP contribution in [0.5, 0.6) is 0 Å². The van der Waals surface area contributed by atoms with Gasteiger partial charge in [-0.3, -0.25) is 4.90 Å². The molecular weight excluding hydrogens is 172 g/mol. The largest absolute Gasteiger partial charge is 0.318 e. The Bertz CT molecular complexity index is 137. The maximum absolute atomic E-state index is 3.33. The van der Waals surface area contributed by atoms with Gasteiger partial charge in [-0.05, 0) is 38.9 Å².